The second-order valence-electron chi connectivity index (χ2n) is 7.40. The Kier molecular flexibility index (Phi) is 4.60. The molecule has 2 heterocycles. The van der Waals surface area contributed by atoms with E-state index in [1.807, 2.05) is 49.3 Å². The summed E-state index contributed by atoms with van der Waals surface area (Å²) in [6.45, 7) is 0.720. The average molecular weight is 377 g/mol. The van der Waals surface area contributed by atoms with Gasteiger partial charge in [0, 0.05) is 30.4 Å². The van der Waals surface area contributed by atoms with E-state index in [1.54, 1.807) is 18.0 Å². The zero-order valence-electron chi connectivity index (χ0n) is 16.2. The quantitative estimate of drug-likeness (QED) is 0.733. The number of nitrogens with one attached hydrogen (secondary N) is 2. The molecule has 0 unspecified atom stereocenters. The molecular formula is C21H23N5O2. The fourth-order valence-electron chi connectivity index (χ4n) is 3.49. The Bertz CT molecular complexity index is 1070. The molecule has 2 aromatic carbocycles. The minimum absolute atomic E-state index is 0.0725. The van der Waals surface area contributed by atoms with Crippen LogP contribution < -0.4 is 10.2 Å². The fourth-order valence-corrected chi connectivity index (χ4v) is 3.49. The van der Waals surface area contributed by atoms with E-state index in [1.165, 1.54) is 0 Å². The van der Waals surface area contributed by atoms with Crippen LogP contribution in [0.3, 0.4) is 0 Å². The van der Waals surface area contributed by atoms with Gasteiger partial charge >= 0.3 is 0 Å². The molecule has 28 heavy (non-hydrogen) atoms. The number of aromatic nitrogens is 2. The van der Waals surface area contributed by atoms with Crippen LogP contribution in [-0.4, -0.2) is 47.8 Å². The number of carbonyl (C=O) groups is 2. The van der Waals surface area contributed by atoms with Gasteiger partial charge in [-0.15, -0.1) is 0 Å². The molecule has 144 valence electrons. The molecule has 0 radical (unpaired) electrons. The standard InChI is InChI=1S/C21H23N5O2/c1-25(2)12-19-23-16-8-7-15(11-17(16)24-19)22-21(28)14-5-4-13-6-9-20(27)26(3)18(13)10-14/h4-5,7-8,10-11H,6,9,12H2,1-3H3,(H,22,28)(H,23,24). The molecule has 7 heteroatoms. The van der Waals surface area contributed by atoms with Gasteiger partial charge in [-0.1, -0.05) is 6.07 Å². The van der Waals surface area contributed by atoms with Gasteiger partial charge in [-0.25, -0.2) is 4.98 Å². The van der Waals surface area contributed by atoms with Crippen molar-refractivity contribution in [1.29, 1.82) is 0 Å². The van der Waals surface area contributed by atoms with Crippen LogP contribution in [-0.2, 0) is 17.8 Å². The van der Waals surface area contributed by atoms with E-state index < -0.39 is 0 Å². The van der Waals surface area contributed by atoms with Gasteiger partial charge in [-0.3, -0.25) is 9.59 Å². The van der Waals surface area contributed by atoms with Crippen molar-refractivity contribution < 1.29 is 9.59 Å². The lowest BCUT2D eigenvalue weighted by Gasteiger charge is -2.26. The molecule has 7 nitrogen and oxygen atoms in total. The Balaban J connectivity index is 1.56. The minimum Gasteiger partial charge on any atom is -0.341 e. The van der Waals surface area contributed by atoms with Crippen molar-refractivity contribution in [3.05, 3.63) is 53.3 Å². The lowest BCUT2D eigenvalue weighted by Crippen LogP contribution is -2.31. The van der Waals surface area contributed by atoms with Crippen LogP contribution in [0.5, 0.6) is 0 Å². The Hall–Kier alpha value is -3.19. The number of fused-ring (bicyclic) bond motifs is 2. The first-order chi connectivity index (χ1) is 13.4. The minimum atomic E-state index is -0.207. The van der Waals surface area contributed by atoms with Crippen LogP contribution in [0.2, 0.25) is 0 Å². The first kappa shape index (κ1) is 18.2. The van der Waals surface area contributed by atoms with Crippen LogP contribution in [0.1, 0.15) is 28.2 Å². The van der Waals surface area contributed by atoms with Crippen molar-refractivity contribution in [3.8, 4) is 0 Å². The average Bonchev–Trinajstić information content (AvgIpc) is 3.05. The highest BCUT2D eigenvalue weighted by atomic mass is 16.2. The van der Waals surface area contributed by atoms with Crippen molar-refractivity contribution in [2.75, 3.05) is 31.4 Å². The molecule has 0 spiro atoms. The van der Waals surface area contributed by atoms with Crippen LogP contribution in [0.15, 0.2) is 36.4 Å². The molecule has 2 N–H and O–H groups in total. The maximum absolute atomic E-state index is 12.7. The number of nitrogens with zero attached hydrogens (tertiary/aromatic N) is 3. The SMILES string of the molecule is CN(C)Cc1nc2ccc(NC(=O)c3ccc4c(c3)N(C)C(=O)CC4)cc2[nH]1. The molecule has 4 rings (SSSR count). The second-order valence-corrected chi connectivity index (χ2v) is 7.40. The molecule has 1 aliphatic heterocycles. The summed E-state index contributed by atoms with van der Waals surface area (Å²) in [7, 11) is 5.73. The summed E-state index contributed by atoms with van der Waals surface area (Å²) in [4.78, 5) is 36.2. The first-order valence-corrected chi connectivity index (χ1v) is 9.25. The van der Waals surface area contributed by atoms with Gasteiger partial charge in [-0.2, -0.15) is 0 Å². The number of imidazole rings is 1. The van der Waals surface area contributed by atoms with Gasteiger partial charge in [0.15, 0.2) is 0 Å². The van der Waals surface area contributed by atoms with E-state index in [9.17, 15) is 9.59 Å². The van der Waals surface area contributed by atoms with E-state index in [-0.39, 0.29) is 11.8 Å². The summed E-state index contributed by atoms with van der Waals surface area (Å²) in [6.07, 6.45) is 1.22. The van der Waals surface area contributed by atoms with Crippen LogP contribution in [0, 0.1) is 0 Å². The number of hydrogen-bond acceptors (Lipinski definition) is 4. The summed E-state index contributed by atoms with van der Waals surface area (Å²) < 4.78 is 0. The maximum Gasteiger partial charge on any atom is 0.255 e. The summed E-state index contributed by atoms with van der Waals surface area (Å²) >= 11 is 0. The summed E-state index contributed by atoms with van der Waals surface area (Å²) in [5.41, 5.74) is 4.86. The monoisotopic (exact) mass is 377 g/mol. The lowest BCUT2D eigenvalue weighted by molar-refractivity contribution is -0.118. The lowest BCUT2D eigenvalue weighted by atomic mass is 9.99. The molecule has 0 bridgehead atoms. The van der Waals surface area contributed by atoms with E-state index in [0.717, 1.165) is 34.7 Å². The van der Waals surface area contributed by atoms with E-state index in [2.05, 4.69) is 15.3 Å². The highest BCUT2D eigenvalue weighted by molar-refractivity contribution is 6.06. The number of H-pyrrole nitrogens is 1. The third kappa shape index (κ3) is 3.48. The number of rotatable bonds is 4. The zero-order chi connectivity index (χ0) is 19.8. The molecule has 1 aliphatic rings. The van der Waals surface area contributed by atoms with Gasteiger partial charge in [0.05, 0.1) is 17.6 Å². The molecule has 0 fully saturated rings. The molecule has 2 amide bonds. The number of anilines is 2. The molecule has 0 aliphatic carbocycles. The third-order valence-electron chi connectivity index (χ3n) is 4.95. The Morgan fingerprint density at radius 2 is 2.04 bits per heavy atom. The highest BCUT2D eigenvalue weighted by Crippen LogP contribution is 2.28. The second kappa shape index (κ2) is 7.09. The third-order valence-corrected chi connectivity index (χ3v) is 4.95. The first-order valence-electron chi connectivity index (χ1n) is 9.25. The normalized spacial score (nSPS) is 13.9. The van der Waals surface area contributed by atoms with Gasteiger partial charge < -0.3 is 20.1 Å². The van der Waals surface area contributed by atoms with Crippen molar-refractivity contribution in [2.24, 2.45) is 0 Å². The Morgan fingerprint density at radius 1 is 1.21 bits per heavy atom. The maximum atomic E-state index is 12.7. The molecule has 0 saturated carbocycles. The Labute approximate surface area is 163 Å². The largest absolute Gasteiger partial charge is 0.341 e. The zero-order valence-corrected chi connectivity index (χ0v) is 16.2. The number of aryl methyl sites for hydroxylation is 1. The van der Waals surface area contributed by atoms with Crippen LogP contribution in [0.25, 0.3) is 11.0 Å². The van der Waals surface area contributed by atoms with Crippen molar-refractivity contribution in [1.82, 2.24) is 14.9 Å². The van der Waals surface area contributed by atoms with Gasteiger partial charge in [0.2, 0.25) is 5.91 Å². The fraction of sp³-hybridized carbons (Fsp3) is 0.286. The number of carbonyl (C=O) groups excluding carboxylic acids is 2. The van der Waals surface area contributed by atoms with Gasteiger partial charge in [0.25, 0.3) is 5.91 Å². The van der Waals surface area contributed by atoms with E-state index in [4.69, 9.17) is 0 Å². The van der Waals surface area contributed by atoms with Gasteiger partial charge in [0.1, 0.15) is 5.82 Å². The number of benzene rings is 2. The van der Waals surface area contributed by atoms with Gasteiger partial charge in [-0.05, 0) is 56.4 Å². The van der Waals surface area contributed by atoms with Crippen LogP contribution >= 0.6 is 0 Å². The Morgan fingerprint density at radius 3 is 2.82 bits per heavy atom. The van der Waals surface area contributed by atoms with Crippen molar-refractivity contribution in [3.63, 3.8) is 0 Å². The molecule has 0 saturated heterocycles. The van der Waals surface area contributed by atoms with Crippen molar-refractivity contribution in [2.45, 2.75) is 19.4 Å². The highest BCUT2D eigenvalue weighted by Gasteiger charge is 2.22. The summed E-state index contributed by atoms with van der Waals surface area (Å²) in [5.74, 6) is 0.746. The number of amides is 2. The molecular weight excluding hydrogens is 354 g/mol. The van der Waals surface area contributed by atoms with E-state index in [0.29, 0.717) is 24.1 Å². The van der Waals surface area contributed by atoms with E-state index >= 15 is 0 Å². The molecule has 1 aromatic heterocycles. The molecule has 0 atom stereocenters. The summed E-state index contributed by atoms with van der Waals surface area (Å²) in [6, 6.07) is 11.1. The van der Waals surface area contributed by atoms with Crippen molar-refractivity contribution >= 4 is 34.2 Å². The molecule has 3 aromatic rings. The smallest absolute Gasteiger partial charge is 0.255 e. The van der Waals surface area contributed by atoms with Crippen LogP contribution in [0.4, 0.5) is 11.4 Å². The summed E-state index contributed by atoms with van der Waals surface area (Å²) in [5, 5.41) is 2.93. The topological polar surface area (TPSA) is 81.3 Å². The number of aromatic amines is 1. The number of hydrogen-bond donors (Lipinski definition) is 2. The predicted molar refractivity (Wildman–Crippen MR) is 110 cm³/mol. The predicted octanol–water partition coefficient (Wildman–Crippen LogP) is 2.79.